The number of nitro benzene ring substituents is 1. The molecule has 0 fully saturated rings. The molecular formula is C25H21ClF3N3O6. The number of alkyl halides is 3. The third-order valence-corrected chi connectivity index (χ3v) is 5.22. The number of nitrogens with zero attached hydrogens (tertiary/aromatic N) is 2. The summed E-state index contributed by atoms with van der Waals surface area (Å²) < 4.78 is 54.9. The fraction of sp³-hybridized carbons (Fsp3) is 0.200. The van der Waals surface area contributed by atoms with E-state index in [0.29, 0.717) is 35.8 Å². The van der Waals surface area contributed by atoms with Gasteiger partial charge >= 0.3 is 11.9 Å². The van der Waals surface area contributed by atoms with Crippen LogP contribution in [0.25, 0.3) is 0 Å². The number of ether oxygens (including phenoxy) is 3. The fourth-order valence-corrected chi connectivity index (χ4v) is 3.32. The number of methoxy groups -OCH3 is 1. The van der Waals surface area contributed by atoms with Crippen molar-refractivity contribution in [1.29, 1.82) is 0 Å². The molecular weight excluding hydrogens is 531 g/mol. The number of amides is 1. The largest absolute Gasteiger partial charge is 0.493 e. The van der Waals surface area contributed by atoms with Crippen molar-refractivity contribution in [2.45, 2.75) is 19.5 Å². The summed E-state index contributed by atoms with van der Waals surface area (Å²) in [6.07, 6.45) is -2.65. The van der Waals surface area contributed by atoms with Crippen LogP contribution >= 0.6 is 11.6 Å². The van der Waals surface area contributed by atoms with Gasteiger partial charge in [-0.3, -0.25) is 14.9 Å². The van der Waals surface area contributed by atoms with Gasteiger partial charge in [0, 0.05) is 11.6 Å². The number of hydrogen-bond acceptors (Lipinski definition) is 7. The number of halogens is 4. The van der Waals surface area contributed by atoms with Gasteiger partial charge in [0.05, 0.1) is 35.4 Å². The second-order valence-corrected chi connectivity index (χ2v) is 8.05. The molecule has 0 aromatic heterocycles. The SMILES string of the molecule is CCCOc1ccc(C(=O)N/N=C/c2ccc(Oc3ccc(C(F)(F)F)cc3[N+](=O)[O-])c(Cl)c2)cc1OC. The minimum atomic E-state index is -4.75. The number of hydrogen-bond donors (Lipinski definition) is 1. The highest BCUT2D eigenvalue weighted by Crippen LogP contribution is 2.39. The van der Waals surface area contributed by atoms with Crippen molar-refractivity contribution >= 4 is 29.4 Å². The average Bonchev–Trinajstić information content (AvgIpc) is 2.88. The molecule has 0 radical (unpaired) electrons. The molecule has 38 heavy (non-hydrogen) atoms. The lowest BCUT2D eigenvalue weighted by Gasteiger charge is -2.11. The van der Waals surface area contributed by atoms with Gasteiger partial charge in [-0.05, 0) is 60.5 Å². The Morgan fingerprint density at radius 1 is 1.08 bits per heavy atom. The van der Waals surface area contributed by atoms with E-state index in [1.54, 1.807) is 12.1 Å². The van der Waals surface area contributed by atoms with E-state index in [4.69, 9.17) is 25.8 Å². The van der Waals surface area contributed by atoms with Crippen molar-refractivity contribution < 1.29 is 37.1 Å². The summed E-state index contributed by atoms with van der Waals surface area (Å²) in [5.41, 5.74) is 1.03. The zero-order valence-corrected chi connectivity index (χ0v) is 20.8. The molecule has 0 spiro atoms. The minimum Gasteiger partial charge on any atom is -0.493 e. The van der Waals surface area contributed by atoms with Gasteiger partial charge < -0.3 is 14.2 Å². The lowest BCUT2D eigenvalue weighted by Crippen LogP contribution is -2.17. The quantitative estimate of drug-likeness (QED) is 0.172. The molecule has 0 atom stereocenters. The van der Waals surface area contributed by atoms with E-state index in [1.165, 1.54) is 37.6 Å². The molecule has 0 unspecified atom stereocenters. The highest BCUT2D eigenvalue weighted by atomic mass is 35.5. The lowest BCUT2D eigenvalue weighted by atomic mass is 10.2. The highest BCUT2D eigenvalue weighted by Gasteiger charge is 2.33. The minimum absolute atomic E-state index is 0.00174. The number of nitro groups is 1. The smallest absolute Gasteiger partial charge is 0.416 e. The molecule has 0 saturated carbocycles. The number of benzene rings is 3. The Balaban J connectivity index is 1.70. The van der Waals surface area contributed by atoms with Crippen molar-refractivity contribution in [3.05, 3.63) is 86.4 Å². The maximum absolute atomic E-state index is 12.9. The zero-order chi connectivity index (χ0) is 27.9. The number of carbonyl (C=O) groups excluding carboxylic acids is 1. The van der Waals surface area contributed by atoms with Gasteiger partial charge in [0.25, 0.3) is 5.91 Å². The molecule has 1 amide bonds. The molecule has 0 aliphatic rings. The number of hydrazone groups is 1. The van der Waals surface area contributed by atoms with Crippen molar-refractivity contribution in [3.63, 3.8) is 0 Å². The van der Waals surface area contributed by atoms with Crippen LogP contribution in [0.3, 0.4) is 0 Å². The van der Waals surface area contributed by atoms with Gasteiger partial charge in [0.1, 0.15) is 5.75 Å². The summed E-state index contributed by atoms with van der Waals surface area (Å²) in [5, 5.41) is 15.1. The van der Waals surface area contributed by atoms with Crippen LogP contribution in [0.2, 0.25) is 5.02 Å². The van der Waals surface area contributed by atoms with E-state index in [-0.39, 0.29) is 16.3 Å². The normalized spacial score (nSPS) is 11.3. The Morgan fingerprint density at radius 3 is 2.42 bits per heavy atom. The summed E-state index contributed by atoms with van der Waals surface area (Å²) in [6, 6.07) is 10.8. The Morgan fingerprint density at radius 2 is 1.79 bits per heavy atom. The van der Waals surface area contributed by atoms with Crippen LogP contribution in [0, 0.1) is 10.1 Å². The summed E-state index contributed by atoms with van der Waals surface area (Å²) in [4.78, 5) is 22.7. The Kier molecular flexibility index (Phi) is 9.13. The zero-order valence-electron chi connectivity index (χ0n) is 20.0. The Hall–Kier alpha value is -4.32. The topological polar surface area (TPSA) is 112 Å². The van der Waals surface area contributed by atoms with Crippen LogP contribution in [0.15, 0.2) is 59.7 Å². The lowest BCUT2D eigenvalue weighted by molar-refractivity contribution is -0.385. The van der Waals surface area contributed by atoms with E-state index >= 15 is 0 Å². The van der Waals surface area contributed by atoms with E-state index in [2.05, 4.69) is 10.5 Å². The van der Waals surface area contributed by atoms with Gasteiger partial charge in [-0.15, -0.1) is 0 Å². The van der Waals surface area contributed by atoms with E-state index in [1.807, 2.05) is 6.92 Å². The summed E-state index contributed by atoms with van der Waals surface area (Å²) in [7, 11) is 1.46. The van der Waals surface area contributed by atoms with Gasteiger partial charge in [0.2, 0.25) is 5.75 Å². The first-order valence-electron chi connectivity index (χ1n) is 11.0. The van der Waals surface area contributed by atoms with Gasteiger partial charge in [0.15, 0.2) is 11.5 Å². The number of nitrogens with one attached hydrogen (secondary N) is 1. The maximum atomic E-state index is 12.9. The molecule has 13 heteroatoms. The van der Waals surface area contributed by atoms with E-state index < -0.39 is 34.0 Å². The van der Waals surface area contributed by atoms with E-state index in [9.17, 15) is 28.1 Å². The highest BCUT2D eigenvalue weighted by molar-refractivity contribution is 6.32. The average molecular weight is 552 g/mol. The first-order valence-corrected chi connectivity index (χ1v) is 11.4. The molecule has 200 valence electrons. The van der Waals surface area contributed by atoms with Gasteiger partial charge in [-0.1, -0.05) is 18.5 Å². The molecule has 3 rings (SSSR count). The summed E-state index contributed by atoms with van der Waals surface area (Å²) in [6.45, 7) is 2.46. The van der Waals surface area contributed by atoms with Crippen molar-refractivity contribution in [2.24, 2.45) is 5.10 Å². The van der Waals surface area contributed by atoms with Crippen LogP contribution in [-0.2, 0) is 6.18 Å². The molecule has 0 heterocycles. The molecule has 3 aromatic rings. The van der Waals surface area contributed by atoms with Crippen molar-refractivity contribution in [3.8, 4) is 23.0 Å². The fourth-order valence-electron chi connectivity index (χ4n) is 3.09. The monoisotopic (exact) mass is 551 g/mol. The summed E-state index contributed by atoms with van der Waals surface area (Å²) >= 11 is 6.19. The summed E-state index contributed by atoms with van der Waals surface area (Å²) in [5.74, 6) is -0.0609. The number of carbonyl (C=O) groups is 1. The second kappa shape index (κ2) is 12.3. The van der Waals surface area contributed by atoms with Crippen molar-refractivity contribution in [2.75, 3.05) is 13.7 Å². The van der Waals surface area contributed by atoms with Crippen LogP contribution in [0.4, 0.5) is 18.9 Å². The first kappa shape index (κ1) is 28.3. The third-order valence-electron chi connectivity index (χ3n) is 4.93. The van der Waals surface area contributed by atoms with Crippen LogP contribution in [0.1, 0.15) is 34.8 Å². The molecule has 0 aliphatic carbocycles. The standard InChI is InChI=1S/C25H21ClF3N3O6/c1-3-10-37-22-8-5-16(12-23(22)36-2)24(33)31-30-14-15-4-7-20(18(26)11-15)38-21-9-6-17(25(27,28)29)13-19(21)32(34)35/h4-9,11-14H,3,10H2,1-2H3,(H,31,33)/b30-14+. The molecule has 0 aliphatic heterocycles. The van der Waals surface area contributed by atoms with Gasteiger partial charge in [-0.2, -0.15) is 18.3 Å². The molecule has 0 bridgehead atoms. The molecule has 1 N–H and O–H groups in total. The van der Waals surface area contributed by atoms with Gasteiger partial charge in [-0.25, -0.2) is 5.43 Å². The Bertz CT molecular complexity index is 1360. The van der Waals surface area contributed by atoms with Crippen molar-refractivity contribution in [1.82, 2.24) is 5.43 Å². The molecule has 9 nitrogen and oxygen atoms in total. The molecule has 0 saturated heterocycles. The second-order valence-electron chi connectivity index (χ2n) is 7.64. The van der Waals surface area contributed by atoms with Crippen LogP contribution in [-0.4, -0.2) is 30.8 Å². The Labute approximate surface area is 219 Å². The first-order chi connectivity index (χ1) is 18.0. The maximum Gasteiger partial charge on any atom is 0.416 e. The predicted octanol–water partition coefficient (Wildman–Crippen LogP) is 6.62. The predicted molar refractivity (Wildman–Crippen MR) is 133 cm³/mol. The van der Waals surface area contributed by atoms with Crippen LogP contribution in [0.5, 0.6) is 23.0 Å². The van der Waals surface area contributed by atoms with Crippen LogP contribution < -0.4 is 19.6 Å². The van der Waals surface area contributed by atoms with E-state index in [0.717, 1.165) is 12.5 Å². The number of rotatable bonds is 10. The molecule has 3 aromatic carbocycles. The third kappa shape index (κ3) is 7.13.